The highest BCUT2D eigenvalue weighted by atomic mass is 32.1. The maximum Gasteiger partial charge on any atom is 0.264 e. The van der Waals surface area contributed by atoms with Gasteiger partial charge in [-0.3, -0.25) is 9.59 Å². The van der Waals surface area contributed by atoms with Gasteiger partial charge in [0.15, 0.2) is 0 Å². The molecule has 33 heavy (non-hydrogen) atoms. The molecule has 2 amide bonds. The van der Waals surface area contributed by atoms with Gasteiger partial charge in [0, 0.05) is 11.3 Å². The predicted octanol–water partition coefficient (Wildman–Crippen LogP) is 4.76. The Morgan fingerprint density at radius 3 is 2.61 bits per heavy atom. The van der Waals surface area contributed by atoms with Crippen LogP contribution in [0, 0.1) is 6.92 Å². The van der Waals surface area contributed by atoms with Crippen molar-refractivity contribution in [2.45, 2.75) is 19.4 Å². The van der Waals surface area contributed by atoms with E-state index in [0.717, 1.165) is 26.4 Å². The molecular weight excluding hydrogens is 434 g/mol. The second kappa shape index (κ2) is 8.52. The van der Waals surface area contributed by atoms with Crippen molar-refractivity contribution < 1.29 is 14.7 Å². The zero-order valence-corrected chi connectivity index (χ0v) is 18.6. The van der Waals surface area contributed by atoms with Gasteiger partial charge in [0.2, 0.25) is 0 Å². The molecule has 2 heterocycles. The van der Waals surface area contributed by atoms with Crippen molar-refractivity contribution >= 4 is 39.1 Å². The lowest BCUT2D eigenvalue weighted by Gasteiger charge is -2.10. The monoisotopic (exact) mass is 455 g/mol. The Labute approximate surface area is 194 Å². The third-order valence-electron chi connectivity index (χ3n) is 5.56. The van der Waals surface area contributed by atoms with Gasteiger partial charge in [-0.05, 0) is 60.9 Å². The number of aromatic nitrogens is 1. The molecule has 3 N–H and O–H groups in total. The van der Waals surface area contributed by atoms with E-state index in [1.165, 1.54) is 5.56 Å². The van der Waals surface area contributed by atoms with Crippen LogP contribution in [-0.2, 0) is 16.0 Å². The number of fused-ring (bicyclic) bond motifs is 1. The summed E-state index contributed by atoms with van der Waals surface area (Å²) in [4.78, 5) is 29.8. The van der Waals surface area contributed by atoms with Crippen molar-refractivity contribution in [3.05, 3.63) is 95.3 Å². The summed E-state index contributed by atoms with van der Waals surface area (Å²) in [7, 11) is 0. The number of thiazole rings is 1. The summed E-state index contributed by atoms with van der Waals surface area (Å²) >= 11 is 1.61. The Bertz CT molecular complexity index is 1390. The molecule has 0 spiro atoms. The van der Waals surface area contributed by atoms with E-state index in [0.29, 0.717) is 12.1 Å². The Kier molecular flexibility index (Phi) is 5.40. The first-order valence-corrected chi connectivity index (χ1v) is 11.4. The fraction of sp³-hybridized carbons (Fsp3) is 0.115. The molecule has 0 aliphatic carbocycles. The van der Waals surface area contributed by atoms with Crippen LogP contribution in [0.5, 0.6) is 0 Å². The van der Waals surface area contributed by atoms with Crippen molar-refractivity contribution in [1.29, 1.82) is 0 Å². The molecule has 6 nitrogen and oxygen atoms in total. The lowest BCUT2D eigenvalue weighted by Crippen LogP contribution is -2.31. The van der Waals surface area contributed by atoms with Crippen LogP contribution in [0.3, 0.4) is 0 Å². The maximum atomic E-state index is 12.7. The van der Waals surface area contributed by atoms with Gasteiger partial charge in [-0.25, -0.2) is 4.98 Å². The summed E-state index contributed by atoms with van der Waals surface area (Å²) in [5, 5.41) is 16.8. The molecule has 0 bridgehead atoms. The van der Waals surface area contributed by atoms with Gasteiger partial charge in [-0.1, -0.05) is 36.4 Å². The Balaban J connectivity index is 1.31. The molecule has 3 aromatic carbocycles. The van der Waals surface area contributed by atoms with E-state index in [1.54, 1.807) is 23.5 Å². The molecule has 5 rings (SSSR count). The average molecular weight is 456 g/mol. The van der Waals surface area contributed by atoms with E-state index in [2.05, 4.69) is 28.6 Å². The molecule has 1 aromatic heterocycles. The second-order valence-corrected chi connectivity index (χ2v) is 9.03. The van der Waals surface area contributed by atoms with E-state index in [9.17, 15) is 14.7 Å². The Morgan fingerprint density at radius 1 is 1.09 bits per heavy atom. The SMILES string of the molecule is Cc1ccc2nc(-c3ccc(NC(=O)C4=C(O)C(Cc5ccccc5)NC4=O)cc3)sc2c1. The second-order valence-electron chi connectivity index (χ2n) is 8.00. The first kappa shape index (κ1) is 20.9. The zero-order valence-electron chi connectivity index (χ0n) is 17.8. The number of rotatable bonds is 5. The topological polar surface area (TPSA) is 91.3 Å². The Hall–Kier alpha value is -3.97. The normalized spacial score (nSPS) is 15.7. The molecular formula is C26H21N3O3S. The van der Waals surface area contributed by atoms with Crippen LogP contribution in [0.25, 0.3) is 20.8 Å². The van der Waals surface area contributed by atoms with Gasteiger partial charge in [0.1, 0.15) is 16.3 Å². The van der Waals surface area contributed by atoms with Crippen LogP contribution in [0.1, 0.15) is 11.1 Å². The van der Waals surface area contributed by atoms with Gasteiger partial charge in [0.25, 0.3) is 11.8 Å². The van der Waals surface area contributed by atoms with Crippen molar-refractivity contribution in [2.75, 3.05) is 5.32 Å². The number of nitrogens with one attached hydrogen (secondary N) is 2. The van der Waals surface area contributed by atoms with Gasteiger partial charge >= 0.3 is 0 Å². The molecule has 7 heteroatoms. The summed E-state index contributed by atoms with van der Waals surface area (Å²) in [5.41, 5.74) is 4.32. The number of anilines is 1. The Morgan fingerprint density at radius 2 is 1.85 bits per heavy atom. The fourth-order valence-corrected chi connectivity index (χ4v) is 4.92. The first-order valence-electron chi connectivity index (χ1n) is 10.5. The fourth-order valence-electron chi connectivity index (χ4n) is 3.85. The minimum atomic E-state index is -0.635. The van der Waals surface area contributed by atoms with Gasteiger partial charge in [0.05, 0.1) is 16.3 Å². The molecule has 164 valence electrons. The summed E-state index contributed by atoms with van der Waals surface area (Å²) in [6.45, 7) is 2.05. The summed E-state index contributed by atoms with van der Waals surface area (Å²) < 4.78 is 1.13. The molecule has 0 fully saturated rings. The lowest BCUT2D eigenvalue weighted by atomic mass is 10.0. The van der Waals surface area contributed by atoms with Gasteiger partial charge < -0.3 is 15.7 Å². The van der Waals surface area contributed by atoms with E-state index in [-0.39, 0.29) is 11.3 Å². The molecule has 1 aliphatic heterocycles. The zero-order chi connectivity index (χ0) is 22.9. The van der Waals surface area contributed by atoms with E-state index >= 15 is 0 Å². The standard InChI is InChI=1S/C26H21N3O3S/c1-15-7-12-19-21(13-15)33-26(29-19)17-8-10-18(11-9-17)27-24(31)22-23(30)20(28-25(22)32)14-16-5-3-2-4-6-16/h2-13,20,30H,14H2,1H3,(H,27,31)(H,28,32). The van der Waals surface area contributed by atoms with Gasteiger partial charge in [-0.2, -0.15) is 0 Å². The highest BCUT2D eigenvalue weighted by Crippen LogP contribution is 2.31. The smallest absolute Gasteiger partial charge is 0.264 e. The molecule has 4 aromatic rings. The van der Waals surface area contributed by atoms with Crippen LogP contribution in [0.4, 0.5) is 5.69 Å². The van der Waals surface area contributed by atoms with E-state index in [4.69, 9.17) is 0 Å². The minimum Gasteiger partial charge on any atom is -0.509 e. The van der Waals surface area contributed by atoms with Crippen LogP contribution in [-0.4, -0.2) is 27.9 Å². The number of aliphatic hydroxyl groups excluding tert-OH is 1. The van der Waals surface area contributed by atoms with Crippen LogP contribution in [0.2, 0.25) is 0 Å². The molecule has 1 aliphatic rings. The quantitative estimate of drug-likeness (QED) is 0.378. The number of benzene rings is 3. The van der Waals surface area contributed by atoms with E-state index in [1.807, 2.05) is 54.6 Å². The maximum absolute atomic E-state index is 12.7. The molecule has 1 unspecified atom stereocenters. The minimum absolute atomic E-state index is 0.234. The number of carbonyl (C=O) groups is 2. The van der Waals surface area contributed by atoms with Crippen molar-refractivity contribution in [2.24, 2.45) is 0 Å². The van der Waals surface area contributed by atoms with Crippen molar-refractivity contribution in [1.82, 2.24) is 10.3 Å². The lowest BCUT2D eigenvalue weighted by molar-refractivity contribution is -0.120. The third kappa shape index (κ3) is 4.23. The summed E-state index contributed by atoms with van der Waals surface area (Å²) in [6, 6.07) is 22.3. The number of aryl methyl sites for hydroxylation is 1. The number of hydrogen-bond acceptors (Lipinski definition) is 5. The molecule has 0 saturated heterocycles. The molecule has 1 atom stereocenters. The largest absolute Gasteiger partial charge is 0.509 e. The first-order chi connectivity index (χ1) is 16.0. The number of carbonyl (C=O) groups excluding carboxylic acids is 2. The highest BCUT2D eigenvalue weighted by Gasteiger charge is 2.36. The predicted molar refractivity (Wildman–Crippen MR) is 130 cm³/mol. The van der Waals surface area contributed by atoms with Crippen LogP contribution >= 0.6 is 11.3 Å². The molecule has 0 saturated carbocycles. The third-order valence-corrected chi connectivity index (χ3v) is 6.63. The van der Waals surface area contributed by atoms with Crippen molar-refractivity contribution in [3.8, 4) is 10.6 Å². The number of nitrogens with zero attached hydrogens (tertiary/aromatic N) is 1. The van der Waals surface area contributed by atoms with Crippen molar-refractivity contribution in [3.63, 3.8) is 0 Å². The van der Waals surface area contributed by atoms with Gasteiger partial charge in [-0.15, -0.1) is 11.3 Å². The van der Waals surface area contributed by atoms with Crippen LogP contribution < -0.4 is 10.6 Å². The summed E-state index contributed by atoms with van der Waals surface area (Å²) in [6.07, 6.45) is 0.408. The number of aliphatic hydroxyl groups is 1. The highest BCUT2D eigenvalue weighted by molar-refractivity contribution is 7.21. The molecule has 0 radical (unpaired) electrons. The number of hydrogen-bond donors (Lipinski definition) is 3. The number of amides is 2. The average Bonchev–Trinajstić information content (AvgIpc) is 3.34. The van der Waals surface area contributed by atoms with E-state index < -0.39 is 17.9 Å². The summed E-state index contributed by atoms with van der Waals surface area (Å²) in [5.74, 6) is -1.45. The van der Waals surface area contributed by atoms with Crippen LogP contribution in [0.15, 0.2) is 84.1 Å².